The van der Waals surface area contributed by atoms with Crippen molar-refractivity contribution in [2.45, 2.75) is 43.3 Å². The molecule has 2 aromatic heterocycles. The lowest BCUT2D eigenvalue weighted by Crippen LogP contribution is -2.51. The van der Waals surface area contributed by atoms with Crippen LogP contribution in [0.2, 0.25) is 0 Å². The van der Waals surface area contributed by atoms with Gasteiger partial charge in [0.1, 0.15) is 29.4 Å². The van der Waals surface area contributed by atoms with Gasteiger partial charge in [-0.2, -0.15) is 20.5 Å². The van der Waals surface area contributed by atoms with Crippen molar-refractivity contribution in [1.82, 2.24) is 24.8 Å². The first-order chi connectivity index (χ1) is 23.8. The summed E-state index contributed by atoms with van der Waals surface area (Å²) in [5.41, 5.74) is -0.792. The van der Waals surface area contributed by atoms with E-state index in [9.17, 15) is 20.0 Å². The fourth-order valence-corrected chi connectivity index (χ4v) is 8.61. The van der Waals surface area contributed by atoms with Gasteiger partial charge in [0.25, 0.3) is 0 Å². The second kappa shape index (κ2) is 11.9. The summed E-state index contributed by atoms with van der Waals surface area (Å²) in [6.07, 6.45) is 6.58. The van der Waals surface area contributed by atoms with Crippen molar-refractivity contribution < 1.29 is 27.8 Å². The van der Waals surface area contributed by atoms with Crippen LogP contribution in [0.3, 0.4) is 0 Å². The first kappa shape index (κ1) is 31.4. The molecule has 3 saturated heterocycles. The average molecular weight is 671 g/mol. The third-order valence-electron chi connectivity index (χ3n) is 10.9. The average Bonchev–Trinajstić information content (AvgIpc) is 3.40. The van der Waals surface area contributed by atoms with E-state index < -0.39 is 23.5 Å². The number of ether oxygens (including phenoxy) is 2. The lowest BCUT2D eigenvalue weighted by atomic mass is 9.92. The van der Waals surface area contributed by atoms with E-state index in [2.05, 4.69) is 27.1 Å². The lowest BCUT2D eigenvalue weighted by molar-refractivity contribution is 0.0649. The normalized spacial score (nSPS) is 26.1. The summed E-state index contributed by atoms with van der Waals surface area (Å²) in [7, 11) is 1.73. The number of phenols is 1. The molecule has 4 fully saturated rings. The number of hydrogen-bond acceptors (Lipinski definition) is 11. The summed E-state index contributed by atoms with van der Waals surface area (Å²) in [6.45, 7) is 2.95. The molecule has 0 spiro atoms. The zero-order chi connectivity index (χ0) is 34.0. The van der Waals surface area contributed by atoms with E-state index in [0.717, 1.165) is 44.5 Å². The molecule has 0 bridgehead atoms. The van der Waals surface area contributed by atoms with Gasteiger partial charge in [-0.15, -0.1) is 0 Å². The fourth-order valence-electron chi connectivity index (χ4n) is 8.61. The van der Waals surface area contributed by atoms with Gasteiger partial charge >= 0.3 is 6.01 Å². The summed E-state index contributed by atoms with van der Waals surface area (Å²) >= 11 is 0. The van der Waals surface area contributed by atoms with Gasteiger partial charge in [0.05, 0.1) is 36.1 Å². The van der Waals surface area contributed by atoms with Crippen LogP contribution in [0.4, 0.5) is 19.0 Å². The molecule has 5 unspecified atom stereocenters. The predicted octanol–water partition coefficient (Wildman–Crippen LogP) is 4.73. The Morgan fingerprint density at radius 1 is 1.10 bits per heavy atom. The van der Waals surface area contributed by atoms with Crippen LogP contribution in [0, 0.1) is 52.1 Å². The molecule has 0 radical (unpaired) electrons. The molecule has 1 saturated carbocycles. The highest BCUT2D eigenvalue weighted by molar-refractivity contribution is 6.00. The van der Waals surface area contributed by atoms with E-state index >= 15 is 8.78 Å². The van der Waals surface area contributed by atoms with Gasteiger partial charge in [-0.05, 0) is 55.3 Å². The Morgan fingerprint density at radius 2 is 1.96 bits per heavy atom. The summed E-state index contributed by atoms with van der Waals surface area (Å²) in [6, 6.07) is 6.78. The number of pyridine rings is 1. The second-order valence-electron chi connectivity index (χ2n) is 13.5. The molecule has 5 heterocycles. The minimum atomic E-state index is -1.19. The van der Waals surface area contributed by atoms with Crippen molar-refractivity contribution in [1.29, 1.82) is 10.5 Å². The molecule has 1 aliphatic carbocycles. The number of phenolic OH excluding ortho intramolecular Hbond substituents is 1. The van der Waals surface area contributed by atoms with Crippen LogP contribution in [0.1, 0.15) is 25.7 Å². The topological polar surface area (TPSA) is 135 Å². The zero-order valence-electron chi connectivity index (χ0n) is 26.7. The molecule has 3 aliphatic heterocycles. The summed E-state index contributed by atoms with van der Waals surface area (Å²) in [4.78, 5) is 19.6. The Hall–Kier alpha value is -4.92. The molecule has 252 valence electrons. The number of piperazine rings is 1. The number of halogens is 3. The van der Waals surface area contributed by atoms with Crippen LogP contribution in [0.15, 0.2) is 30.5 Å². The third kappa shape index (κ3) is 5.04. The fraction of sp³-hybridized carbons (Fsp3) is 0.457. The highest BCUT2D eigenvalue weighted by Gasteiger charge is 2.67. The predicted molar refractivity (Wildman–Crippen MR) is 172 cm³/mol. The van der Waals surface area contributed by atoms with Crippen molar-refractivity contribution >= 4 is 27.5 Å². The first-order valence-corrected chi connectivity index (χ1v) is 16.4. The molecular weight excluding hydrogens is 637 g/mol. The molecule has 4 aliphatic rings. The Kier molecular flexibility index (Phi) is 7.61. The molecule has 2 aromatic carbocycles. The number of nitriles is 2. The largest absolute Gasteiger partial charge is 0.508 e. The Labute approximate surface area is 280 Å². The van der Waals surface area contributed by atoms with Crippen LogP contribution in [-0.2, 0) is 4.74 Å². The van der Waals surface area contributed by atoms with Crippen molar-refractivity contribution in [2.75, 3.05) is 51.4 Å². The number of piperidine rings is 1. The smallest absolute Gasteiger partial charge is 0.319 e. The maximum atomic E-state index is 16.8. The zero-order valence-corrected chi connectivity index (χ0v) is 26.7. The minimum Gasteiger partial charge on any atom is -0.508 e. The number of aromatic hydroxyl groups is 1. The van der Waals surface area contributed by atoms with Gasteiger partial charge in [0.2, 0.25) is 0 Å². The van der Waals surface area contributed by atoms with Gasteiger partial charge in [0, 0.05) is 55.9 Å². The van der Waals surface area contributed by atoms with Crippen molar-refractivity contribution in [3.05, 3.63) is 47.9 Å². The highest BCUT2D eigenvalue weighted by Crippen LogP contribution is 2.60. The van der Waals surface area contributed by atoms with E-state index in [1.807, 2.05) is 4.90 Å². The number of aromatic nitrogens is 3. The van der Waals surface area contributed by atoms with Crippen LogP contribution in [0.25, 0.3) is 32.9 Å². The standard InChI is InChI=1S/C35H33F3N8O3/c1-48-16-25-23-13-35(6-2-8-46(35)32(23)25)17-49-34-42-31-24(33(43-34)44-9-10-45(18-40)20(15-44)5-7-39)14-41-30(29(31)38)22-12-21(47)11-19-3-4-26(36)28(37)27(19)22/h3-4,11-12,14,20,23,25,32,47H,2,5-6,8-10,13,15-17H2,1H3. The summed E-state index contributed by atoms with van der Waals surface area (Å²) < 4.78 is 58.2. The molecular formula is C35H33F3N8O3. The van der Waals surface area contributed by atoms with Gasteiger partial charge in [-0.1, -0.05) is 6.07 Å². The molecule has 0 amide bonds. The minimum absolute atomic E-state index is 0.0497. The summed E-state index contributed by atoms with van der Waals surface area (Å²) in [5.74, 6) is -2.13. The number of hydrogen-bond donors (Lipinski definition) is 1. The van der Waals surface area contributed by atoms with Crippen LogP contribution < -0.4 is 9.64 Å². The van der Waals surface area contributed by atoms with Crippen LogP contribution in [0.5, 0.6) is 11.8 Å². The quantitative estimate of drug-likeness (QED) is 0.261. The molecule has 8 rings (SSSR count). The van der Waals surface area contributed by atoms with Crippen molar-refractivity contribution in [3.63, 3.8) is 0 Å². The Bertz CT molecular complexity index is 2070. The van der Waals surface area contributed by atoms with Gasteiger partial charge in [-0.3, -0.25) is 9.88 Å². The van der Waals surface area contributed by atoms with Crippen molar-refractivity contribution in [2.24, 2.45) is 11.8 Å². The first-order valence-electron chi connectivity index (χ1n) is 16.4. The van der Waals surface area contributed by atoms with E-state index in [1.54, 1.807) is 12.0 Å². The molecule has 11 nitrogen and oxygen atoms in total. The molecule has 4 aromatic rings. The monoisotopic (exact) mass is 670 g/mol. The van der Waals surface area contributed by atoms with Gasteiger partial charge < -0.3 is 24.4 Å². The number of anilines is 1. The Morgan fingerprint density at radius 3 is 2.76 bits per heavy atom. The van der Waals surface area contributed by atoms with Gasteiger partial charge in [0.15, 0.2) is 23.6 Å². The molecule has 49 heavy (non-hydrogen) atoms. The van der Waals surface area contributed by atoms with E-state index in [-0.39, 0.29) is 63.2 Å². The molecule has 1 N–H and O–H groups in total. The van der Waals surface area contributed by atoms with Crippen molar-refractivity contribution in [3.8, 4) is 35.3 Å². The maximum absolute atomic E-state index is 16.8. The van der Waals surface area contributed by atoms with E-state index in [0.29, 0.717) is 43.4 Å². The SMILES string of the molecule is COCC1C2CC3(COc4nc(N5CCN(C#N)C(CC#N)C5)c5cnc(-c6cc(O)cc7ccc(F)c(F)c67)c(F)c5n4)CCCN3C12. The number of rotatable bonds is 8. The summed E-state index contributed by atoms with van der Waals surface area (Å²) in [5, 5.41) is 29.7. The Balaban J connectivity index is 1.22. The number of benzene rings is 2. The van der Waals surface area contributed by atoms with E-state index in [4.69, 9.17) is 14.5 Å². The maximum Gasteiger partial charge on any atom is 0.319 e. The number of methoxy groups -OCH3 is 1. The van der Waals surface area contributed by atoms with Crippen LogP contribution in [-0.4, -0.2) is 94.0 Å². The van der Waals surface area contributed by atoms with Gasteiger partial charge in [-0.25, -0.2) is 13.2 Å². The number of fused-ring (bicyclic) bond motifs is 5. The third-order valence-corrected chi connectivity index (χ3v) is 10.9. The lowest BCUT2D eigenvalue weighted by Gasteiger charge is -2.38. The van der Waals surface area contributed by atoms with E-state index in [1.165, 1.54) is 18.3 Å². The number of nitrogens with zero attached hydrogens (tertiary/aromatic N) is 8. The highest BCUT2D eigenvalue weighted by atomic mass is 19.2. The molecule has 5 atom stereocenters. The molecule has 14 heteroatoms. The van der Waals surface area contributed by atoms with Crippen LogP contribution >= 0.6 is 0 Å². The second-order valence-corrected chi connectivity index (χ2v) is 13.5.